The molecular weight excluding hydrogens is 772 g/mol. The number of anilines is 1. The first-order chi connectivity index (χ1) is 29.7. The fourth-order valence-corrected chi connectivity index (χ4v) is 8.36. The predicted molar refractivity (Wildman–Crippen MR) is 269 cm³/mol. The molecule has 0 spiro atoms. The third-order valence-electron chi connectivity index (χ3n) is 12.3. The minimum Gasteiger partial charge on any atom is -0.373 e. The van der Waals surface area contributed by atoms with E-state index in [1.54, 1.807) is 0 Å². The second kappa shape index (κ2) is 40.5. The molecule has 0 atom stereocenters. The number of allylic oxidation sites excluding steroid dienone is 4. The molecular formula is C54H98ClN4O2+. The molecule has 1 aromatic rings. The normalized spacial score (nSPS) is 11.9. The van der Waals surface area contributed by atoms with Gasteiger partial charge in [-0.2, -0.15) is 0 Å². The molecule has 0 aromatic heterocycles. The van der Waals surface area contributed by atoms with Crippen molar-refractivity contribution in [2.24, 2.45) is 0 Å². The Labute approximate surface area is 383 Å². The van der Waals surface area contributed by atoms with Gasteiger partial charge in [-0.1, -0.05) is 153 Å². The summed E-state index contributed by atoms with van der Waals surface area (Å²) in [5.41, 5.74) is 2.32. The number of rotatable bonds is 43. The SMILES string of the molecule is CCCCCCCC/C=C/CCCCCCCC(=O)NCCC[N+](C)(C)CCCN(Cc1ccc(N(C)CCCl)cc1)C(=O)CCCCCC/C=C/CCCCCCCCC. The topological polar surface area (TPSA) is 52.7 Å². The summed E-state index contributed by atoms with van der Waals surface area (Å²) in [6.07, 6.45) is 45.7. The van der Waals surface area contributed by atoms with Crippen LogP contribution in [0.2, 0.25) is 0 Å². The first-order valence-corrected chi connectivity index (χ1v) is 26.3. The van der Waals surface area contributed by atoms with Gasteiger partial charge in [0.1, 0.15) is 0 Å². The largest absolute Gasteiger partial charge is 0.373 e. The van der Waals surface area contributed by atoms with Gasteiger partial charge in [-0.25, -0.2) is 0 Å². The first kappa shape index (κ1) is 56.7. The van der Waals surface area contributed by atoms with Gasteiger partial charge in [0.05, 0.1) is 27.2 Å². The first-order valence-electron chi connectivity index (χ1n) is 25.7. The number of carbonyl (C=O) groups is 2. The average Bonchev–Trinajstić information content (AvgIpc) is 3.25. The van der Waals surface area contributed by atoms with Crippen molar-refractivity contribution in [3.63, 3.8) is 0 Å². The molecule has 0 aliphatic rings. The van der Waals surface area contributed by atoms with Crippen molar-refractivity contribution in [2.45, 2.75) is 213 Å². The Morgan fingerprint density at radius 2 is 1.02 bits per heavy atom. The van der Waals surface area contributed by atoms with Crippen LogP contribution in [0.3, 0.4) is 0 Å². The summed E-state index contributed by atoms with van der Waals surface area (Å²) < 4.78 is 0.890. The molecule has 0 bridgehead atoms. The smallest absolute Gasteiger partial charge is 0.222 e. The standard InChI is InChI=1S/C54H97ClN4O2/c1-6-8-10-12-14-16-18-20-22-24-26-28-30-32-34-38-53(60)56-45-36-48-59(4,5)49-37-46-58(50-51-40-42-52(43-41-51)57(3)47-44-55)54(61)39-35-33-31-29-27-25-23-21-19-17-15-13-11-9-7-2/h20,22-23,25,40-43H,6-19,21,24,26-39,44-50H2,1-5H3/p+1/b22-20+,25-23+. The molecule has 0 radical (unpaired) electrons. The van der Waals surface area contributed by atoms with Gasteiger partial charge in [-0.05, 0) is 81.9 Å². The van der Waals surface area contributed by atoms with Crippen LogP contribution in [-0.4, -0.2) is 80.9 Å². The molecule has 0 fully saturated rings. The average molecular weight is 871 g/mol. The number of benzene rings is 1. The number of alkyl halides is 1. The van der Waals surface area contributed by atoms with E-state index in [0.29, 0.717) is 25.3 Å². The van der Waals surface area contributed by atoms with Crippen molar-refractivity contribution in [3.05, 3.63) is 54.1 Å². The van der Waals surface area contributed by atoms with Crippen LogP contribution in [0.1, 0.15) is 212 Å². The molecule has 0 aliphatic carbocycles. The fraction of sp³-hybridized carbons (Fsp3) is 0.778. The number of unbranched alkanes of at least 4 members (excludes halogenated alkanes) is 22. The van der Waals surface area contributed by atoms with Crippen LogP contribution in [0, 0.1) is 0 Å². The molecule has 7 heteroatoms. The molecule has 0 saturated carbocycles. The molecule has 1 N–H and O–H groups in total. The quantitative estimate of drug-likeness (QED) is 0.0308. The molecule has 0 saturated heterocycles. The summed E-state index contributed by atoms with van der Waals surface area (Å²) in [4.78, 5) is 30.4. The summed E-state index contributed by atoms with van der Waals surface area (Å²) in [5, 5.41) is 3.17. The molecule has 0 heterocycles. The van der Waals surface area contributed by atoms with Gasteiger partial charge in [0.25, 0.3) is 0 Å². The Kier molecular flexibility index (Phi) is 37.6. The maximum atomic E-state index is 13.6. The van der Waals surface area contributed by atoms with E-state index in [2.05, 4.69) is 98.7 Å². The Hall–Kier alpha value is -2.31. The van der Waals surface area contributed by atoms with Gasteiger partial charge in [0.15, 0.2) is 0 Å². The molecule has 1 aromatic carbocycles. The number of hydrogen-bond donors (Lipinski definition) is 1. The Morgan fingerprint density at radius 1 is 0.574 bits per heavy atom. The van der Waals surface area contributed by atoms with E-state index in [1.165, 1.54) is 140 Å². The van der Waals surface area contributed by atoms with Crippen molar-refractivity contribution < 1.29 is 14.1 Å². The highest BCUT2D eigenvalue weighted by Crippen LogP contribution is 2.18. The second-order valence-corrected chi connectivity index (χ2v) is 19.1. The Bertz CT molecular complexity index is 1220. The lowest BCUT2D eigenvalue weighted by Gasteiger charge is -2.31. The molecule has 6 nitrogen and oxygen atoms in total. The van der Waals surface area contributed by atoms with Crippen LogP contribution in [-0.2, 0) is 16.1 Å². The minimum absolute atomic E-state index is 0.196. The zero-order valence-corrected chi connectivity index (χ0v) is 41.6. The van der Waals surface area contributed by atoms with E-state index in [0.717, 1.165) is 87.8 Å². The van der Waals surface area contributed by atoms with Crippen molar-refractivity contribution in [1.29, 1.82) is 0 Å². The van der Waals surface area contributed by atoms with E-state index < -0.39 is 0 Å². The van der Waals surface area contributed by atoms with Gasteiger partial charge in [-0.15, -0.1) is 11.6 Å². The van der Waals surface area contributed by atoms with E-state index >= 15 is 0 Å². The molecule has 1 rings (SSSR count). The van der Waals surface area contributed by atoms with Crippen LogP contribution in [0.4, 0.5) is 5.69 Å². The number of amides is 2. The summed E-state index contributed by atoms with van der Waals surface area (Å²) in [6.45, 7) is 9.53. The highest BCUT2D eigenvalue weighted by Gasteiger charge is 2.19. The Balaban J connectivity index is 2.35. The lowest BCUT2D eigenvalue weighted by molar-refractivity contribution is -0.890. The van der Waals surface area contributed by atoms with Gasteiger partial charge >= 0.3 is 0 Å². The molecule has 61 heavy (non-hydrogen) atoms. The van der Waals surface area contributed by atoms with E-state index in [1.807, 2.05) is 0 Å². The van der Waals surface area contributed by atoms with Gasteiger partial charge < -0.3 is 19.6 Å². The van der Waals surface area contributed by atoms with Crippen molar-refractivity contribution in [1.82, 2.24) is 10.2 Å². The number of nitrogens with zero attached hydrogens (tertiary/aromatic N) is 3. The zero-order valence-electron chi connectivity index (χ0n) is 40.8. The number of nitrogens with one attached hydrogen (secondary N) is 1. The zero-order chi connectivity index (χ0) is 44.5. The fourth-order valence-electron chi connectivity index (χ4n) is 8.11. The third-order valence-corrected chi connectivity index (χ3v) is 12.5. The second-order valence-electron chi connectivity index (χ2n) is 18.7. The number of carbonyl (C=O) groups excluding carboxylic acids is 2. The maximum absolute atomic E-state index is 13.6. The number of hydrogen-bond acceptors (Lipinski definition) is 3. The highest BCUT2D eigenvalue weighted by atomic mass is 35.5. The van der Waals surface area contributed by atoms with Gasteiger partial charge in [-0.3, -0.25) is 9.59 Å². The molecule has 0 unspecified atom stereocenters. The molecule has 0 aliphatic heterocycles. The maximum Gasteiger partial charge on any atom is 0.222 e. The summed E-state index contributed by atoms with van der Waals surface area (Å²) in [6, 6.07) is 8.61. The lowest BCUT2D eigenvalue weighted by Crippen LogP contribution is -2.44. The number of halogens is 1. The third kappa shape index (κ3) is 34.8. The van der Waals surface area contributed by atoms with Crippen LogP contribution in [0.25, 0.3) is 0 Å². The van der Waals surface area contributed by atoms with Crippen LogP contribution < -0.4 is 10.2 Å². The van der Waals surface area contributed by atoms with E-state index in [9.17, 15) is 9.59 Å². The Morgan fingerprint density at radius 3 is 1.51 bits per heavy atom. The van der Waals surface area contributed by atoms with Crippen LogP contribution in [0.15, 0.2) is 48.6 Å². The van der Waals surface area contributed by atoms with Gasteiger partial charge in [0.2, 0.25) is 11.8 Å². The molecule has 2 amide bonds. The summed E-state index contributed by atoms with van der Waals surface area (Å²) in [7, 11) is 6.62. The van der Waals surface area contributed by atoms with Crippen molar-refractivity contribution in [3.8, 4) is 0 Å². The van der Waals surface area contributed by atoms with Crippen LogP contribution >= 0.6 is 11.6 Å². The van der Waals surface area contributed by atoms with Crippen molar-refractivity contribution >= 4 is 29.1 Å². The van der Waals surface area contributed by atoms with Crippen molar-refractivity contribution in [2.75, 3.05) is 64.6 Å². The summed E-state index contributed by atoms with van der Waals surface area (Å²) >= 11 is 5.98. The highest BCUT2D eigenvalue weighted by molar-refractivity contribution is 6.18. The summed E-state index contributed by atoms with van der Waals surface area (Å²) in [5.74, 6) is 1.07. The predicted octanol–water partition coefficient (Wildman–Crippen LogP) is 14.7. The van der Waals surface area contributed by atoms with Gasteiger partial charge in [0, 0.05) is 70.5 Å². The molecule has 352 valence electrons. The van der Waals surface area contributed by atoms with Crippen LogP contribution in [0.5, 0.6) is 0 Å². The number of quaternary nitrogens is 1. The van der Waals surface area contributed by atoms with E-state index in [4.69, 9.17) is 11.6 Å². The lowest BCUT2D eigenvalue weighted by atomic mass is 10.1. The van der Waals surface area contributed by atoms with E-state index in [-0.39, 0.29) is 11.8 Å². The minimum atomic E-state index is 0.196. The monoisotopic (exact) mass is 870 g/mol.